The van der Waals surface area contributed by atoms with Crippen molar-refractivity contribution in [2.24, 2.45) is 0 Å². The van der Waals surface area contributed by atoms with Gasteiger partial charge < -0.3 is 0 Å². The van der Waals surface area contributed by atoms with Crippen LogP contribution in [0.2, 0.25) is 0 Å². The van der Waals surface area contributed by atoms with Crippen molar-refractivity contribution in [2.75, 3.05) is 0 Å². The van der Waals surface area contributed by atoms with Crippen molar-refractivity contribution in [2.45, 2.75) is 12.4 Å². The summed E-state index contributed by atoms with van der Waals surface area (Å²) in [6.45, 7) is 0. The molecule has 0 heterocycles. The van der Waals surface area contributed by atoms with Gasteiger partial charge >= 0.3 is 12.4 Å². The second kappa shape index (κ2) is 5.88. The Bertz CT molecular complexity index is 703. The van der Waals surface area contributed by atoms with Crippen molar-refractivity contribution in [3.05, 3.63) is 56.5 Å². The van der Waals surface area contributed by atoms with Gasteiger partial charge in [-0.15, -0.1) is 0 Å². The van der Waals surface area contributed by atoms with E-state index in [1.165, 1.54) is 12.1 Å². The van der Waals surface area contributed by atoms with Gasteiger partial charge in [-0.1, -0.05) is 37.9 Å². The maximum atomic E-state index is 13.1. The van der Waals surface area contributed by atoms with Gasteiger partial charge in [0.2, 0.25) is 0 Å². The third-order valence-electron chi connectivity index (χ3n) is 2.87. The highest BCUT2D eigenvalue weighted by molar-refractivity contribution is 9.10. The minimum atomic E-state index is -4.61. The zero-order valence-electron chi connectivity index (χ0n) is 10.5. The lowest BCUT2D eigenvalue weighted by atomic mass is 9.98. The van der Waals surface area contributed by atoms with Crippen LogP contribution in [0.3, 0.4) is 0 Å². The maximum absolute atomic E-state index is 13.1. The van der Waals surface area contributed by atoms with Crippen LogP contribution in [0.4, 0.5) is 26.3 Å². The van der Waals surface area contributed by atoms with Gasteiger partial charge in [-0.3, -0.25) is 0 Å². The fourth-order valence-electron chi connectivity index (χ4n) is 1.90. The Balaban J connectivity index is 2.65. The number of hydrogen-bond donors (Lipinski definition) is 0. The van der Waals surface area contributed by atoms with Gasteiger partial charge in [-0.25, -0.2) is 0 Å². The van der Waals surface area contributed by atoms with Gasteiger partial charge in [0.05, 0.1) is 11.1 Å². The zero-order valence-corrected chi connectivity index (χ0v) is 13.7. The minimum absolute atomic E-state index is 0.0293. The van der Waals surface area contributed by atoms with Gasteiger partial charge in [0.25, 0.3) is 0 Å². The number of hydrogen-bond acceptors (Lipinski definition) is 0. The molecule has 0 spiro atoms. The number of halogens is 8. The molecule has 0 N–H and O–H groups in total. The van der Waals surface area contributed by atoms with E-state index in [0.29, 0.717) is 4.47 Å². The summed E-state index contributed by atoms with van der Waals surface area (Å²) in [4.78, 5) is 0. The molecule has 0 saturated heterocycles. The molecular formula is C14H6Br2F6. The Labute approximate surface area is 138 Å². The van der Waals surface area contributed by atoms with Crippen LogP contribution in [-0.4, -0.2) is 0 Å². The van der Waals surface area contributed by atoms with Gasteiger partial charge in [0.15, 0.2) is 0 Å². The van der Waals surface area contributed by atoms with Crippen molar-refractivity contribution in [3.8, 4) is 11.1 Å². The Hall–Kier alpha value is -1.02. The molecule has 0 atom stereocenters. The van der Waals surface area contributed by atoms with Crippen LogP contribution in [0.15, 0.2) is 45.3 Å². The largest absolute Gasteiger partial charge is 0.417 e. The van der Waals surface area contributed by atoms with Crippen molar-refractivity contribution in [3.63, 3.8) is 0 Å². The molecule has 2 aromatic rings. The molecule has 0 unspecified atom stereocenters. The van der Waals surface area contributed by atoms with Gasteiger partial charge in [-0.2, -0.15) is 26.3 Å². The van der Waals surface area contributed by atoms with Gasteiger partial charge in [-0.05, 0) is 41.5 Å². The minimum Gasteiger partial charge on any atom is -0.166 e. The summed E-state index contributed by atoms with van der Waals surface area (Å²) in [5, 5.41) is 0. The van der Waals surface area contributed by atoms with E-state index >= 15 is 0 Å². The molecule has 0 aliphatic carbocycles. The Morgan fingerprint density at radius 1 is 0.682 bits per heavy atom. The summed E-state index contributed by atoms with van der Waals surface area (Å²) >= 11 is 5.99. The molecule has 0 aliphatic heterocycles. The standard InChI is InChI=1S/C14H6Br2F6/c15-8-2-4-11(14(20,21)22)10(6-8)9-3-1-7(5-12(9)16)13(17,18)19/h1-6H. The van der Waals surface area contributed by atoms with E-state index in [1.54, 1.807) is 0 Å². The third-order valence-corrected chi connectivity index (χ3v) is 4.02. The number of rotatable bonds is 1. The smallest absolute Gasteiger partial charge is 0.166 e. The van der Waals surface area contributed by atoms with Crippen molar-refractivity contribution in [1.29, 1.82) is 0 Å². The summed E-state index contributed by atoms with van der Waals surface area (Å²) in [7, 11) is 0. The predicted octanol–water partition coefficient (Wildman–Crippen LogP) is 6.92. The molecule has 0 fully saturated rings. The molecule has 0 amide bonds. The van der Waals surface area contributed by atoms with E-state index in [-0.39, 0.29) is 15.6 Å². The second-order valence-corrected chi connectivity index (χ2v) is 6.15. The van der Waals surface area contributed by atoms with Crippen LogP contribution < -0.4 is 0 Å². The van der Waals surface area contributed by atoms with E-state index in [1.807, 2.05) is 0 Å². The lowest BCUT2D eigenvalue weighted by Crippen LogP contribution is -2.08. The molecule has 2 rings (SSSR count). The molecule has 118 valence electrons. The second-order valence-electron chi connectivity index (χ2n) is 4.38. The van der Waals surface area contributed by atoms with E-state index in [0.717, 1.165) is 24.3 Å². The first-order valence-corrected chi connectivity index (χ1v) is 7.32. The predicted molar refractivity (Wildman–Crippen MR) is 77.3 cm³/mol. The van der Waals surface area contributed by atoms with Gasteiger partial charge in [0, 0.05) is 8.95 Å². The lowest BCUT2D eigenvalue weighted by molar-refractivity contribution is -0.138. The first-order valence-electron chi connectivity index (χ1n) is 5.74. The first-order chi connectivity index (χ1) is 10.00. The molecule has 2 aromatic carbocycles. The molecule has 0 nitrogen and oxygen atoms in total. The Kier molecular flexibility index (Phi) is 4.64. The fraction of sp³-hybridized carbons (Fsp3) is 0.143. The lowest BCUT2D eigenvalue weighted by Gasteiger charge is -2.16. The third kappa shape index (κ3) is 3.65. The molecular weight excluding hydrogens is 442 g/mol. The van der Waals surface area contributed by atoms with E-state index in [9.17, 15) is 26.3 Å². The zero-order chi connectivity index (χ0) is 16.7. The molecule has 22 heavy (non-hydrogen) atoms. The maximum Gasteiger partial charge on any atom is 0.417 e. The van der Waals surface area contributed by atoms with Crippen LogP contribution in [0.5, 0.6) is 0 Å². The van der Waals surface area contributed by atoms with Crippen molar-refractivity contribution in [1.82, 2.24) is 0 Å². The molecule has 0 saturated carbocycles. The topological polar surface area (TPSA) is 0 Å². The quantitative estimate of drug-likeness (QED) is 0.416. The number of benzene rings is 2. The average Bonchev–Trinajstić information content (AvgIpc) is 2.35. The van der Waals surface area contributed by atoms with E-state index < -0.39 is 23.5 Å². The highest BCUT2D eigenvalue weighted by atomic mass is 79.9. The number of alkyl halides is 6. The summed E-state index contributed by atoms with van der Waals surface area (Å²) < 4.78 is 77.4. The van der Waals surface area contributed by atoms with E-state index in [4.69, 9.17) is 0 Å². The summed E-state index contributed by atoms with van der Waals surface area (Å²) in [6, 6.07) is 5.85. The van der Waals surface area contributed by atoms with Crippen LogP contribution >= 0.6 is 31.9 Å². The van der Waals surface area contributed by atoms with E-state index in [2.05, 4.69) is 31.9 Å². The fourth-order valence-corrected chi connectivity index (χ4v) is 2.85. The normalized spacial score (nSPS) is 12.5. The average molecular weight is 448 g/mol. The molecule has 0 bridgehead atoms. The molecule has 0 radical (unpaired) electrons. The Morgan fingerprint density at radius 2 is 1.32 bits per heavy atom. The van der Waals surface area contributed by atoms with Gasteiger partial charge in [0.1, 0.15) is 0 Å². The summed E-state index contributed by atoms with van der Waals surface area (Å²) in [5.74, 6) is 0. The molecule has 8 heteroatoms. The van der Waals surface area contributed by atoms with Crippen LogP contribution in [0.1, 0.15) is 11.1 Å². The first kappa shape index (κ1) is 17.3. The summed E-state index contributed by atoms with van der Waals surface area (Å²) in [6.07, 6.45) is -9.18. The monoisotopic (exact) mass is 446 g/mol. The Morgan fingerprint density at radius 3 is 1.82 bits per heavy atom. The molecule has 0 aromatic heterocycles. The van der Waals surface area contributed by atoms with Crippen molar-refractivity contribution >= 4 is 31.9 Å². The highest BCUT2D eigenvalue weighted by Gasteiger charge is 2.35. The van der Waals surface area contributed by atoms with Crippen LogP contribution in [0, 0.1) is 0 Å². The van der Waals surface area contributed by atoms with Crippen molar-refractivity contribution < 1.29 is 26.3 Å². The van der Waals surface area contributed by atoms with Crippen LogP contribution in [-0.2, 0) is 12.4 Å². The van der Waals surface area contributed by atoms with Crippen LogP contribution in [0.25, 0.3) is 11.1 Å². The SMILES string of the molecule is FC(F)(F)c1ccc(-c2cc(Br)ccc2C(F)(F)F)c(Br)c1. The molecule has 0 aliphatic rings. The summed E-state index contributed by atoms with van der Waals surface area (Å²) in [5.41, 5.74) is -2.04. The highest BCUT2D eigenvalue weighted by Crippen LogP contribution is 2.42.